The van der Waals surface area contributed by atoms with Gasteiger partial charge in [0.1, 0.15) is 0 Å². The van der Waals surface area contributed by atoms with Crippen molar-refractivity contribution in [2.75, 3.05) is 0 Å². The van der Waals surface area contributed by atoms with Gasteiger partial charge in [0, 0.05) is 10.9 Å². The molecule has 0 saturated heterocycles. The molecular weight excluding hydrogens is 263 g/mol. The summed E-state index contributed by atoms with van der Waals surface area (Å²) in [6.45, 7) is 0. The minimum atomic E-state index is -4.45. The second kappa shape index (κ2) is 4.89. The first kappa shape index (κ1) is 12.8. The highest BCUT2D eigenvalue weighted by molar-refractivity contribution is 7.09. The summed E-state index contributed by atoms with van der Waals surface area (Å²) in [5, 5.41) is 0.349. The zero-order valence-corrected chi connectivity index (χ0v) is 9.89. The minimum absolute atomic E-state index is 0.114. The van der Waals surface area contributed by atoms with E-state index in [0.717, 1.165) is 0 Å². The third-order valence-corrected chi connectivity index (χ3v) is 3.17. The maximum Gasteiger partial charge on any atom is 0.443 e. The SMILES string of the molecule is O=C(Cc1csc(C(F)(F)F)n1)c1ccccc1. The lowest BCUT2D eigenvalue weighted by Crippen LogP contribution is -2.07. The number of ketones is 1. The molecule has 0 fully saturated rings. The molecule has 0 spiro atoms. The standard InChI is InChI=1S/C12H8F3NOS/c13-12(14,15)11-16-9(7-18-11)6-10(17)8-4-2-1-3-5-8/h1-5,7H,6H2. The molecule has 0 N–H and O–H groups in total. The van der Waals surface area contributed by atoms with Crippen LogP contribution < -0.4 is 0 Å². The fourth-order valence-electron chi connectivity index (χ4n) is 1.41. The summed E-state index contributed by atoms with van der Waals surface area (Å²) < 4.78 is 37.0. The summed E-state index contributed by atoms with van der Waals surface area (Å²) in [4.78, 5) is 15.2. The first-order chi connectivity index (χ1) is 8.47. The number of hydrogen-bond donors (Lipinski definition) is 0. The van der Waals surface area contributed by atoms with E-state index in [9.17, 15) is 18.0 Å². The van der Waals surface area contributed by atoms with Gasteiger partial charge in [0.2, 0.25) is 0 Å². The molecular formula is C12H8F3NOS. The van der Waals surface area contributed by atoms with Gasteiger partial charge in [-0.15, -0.1) is 11.3 Å². The molecule has 0 saturated carbocycles. The van der Waals surface area contributed by atoms with Crippen LogP contribution in [0.5, 0.6) is 0 Å². The summed E-state index contributed by atoms with van der Waals surface area (Å²) in [5.41, 5.74) is 0.625. The van der Waals surface area contributed by atoms with Gasteiger partial charge in [0.25, 0.3) is 0 Å². The summed E-state index contributed by atoms with van der Waals surface area (Å²) >= 11 is 0.505. The van der Waals surface area contributed by atoms with Crippen LogP contribution >= 0.6 is 11.3 Å². The number of aromatic nitrogens is 1. The molecule has 0 radical (unpaired) electrons. The number of benzene rings is 1. The van der Waals surface area contributed by atoms with Gasteiger partial charge < -0.3 is 0 Å². The van der Waals surface area contributed by atoms with Crippen LogP contribution in [-0.2, 0) is 12.6 Å². The van der Waals surface area contributed by atoms with Crippen molar-refractivity contribution in [1.29, 1.82) is 0 Å². The molecule has 94 valence electrons. The average molecular weight is 271 g/mol. The van der Waals surface area contributed by atoms with E-state index in [2.05, 4.69) is 4.98 Å². The Balaban J connectivity index is 2.11. The van der Waals surface area contributed by atoms with Crippen LogP contribution in [0.2, 0.25) is 0 Å². The molecule has 0 aliphatic rings. The molecule has 0 aliphatic heterocycles. The first-order valence-corrected chi connectivity index (χ1v) is 5.94. The van der Waals surface area contributed by atoms with E-state index in [1.807, 2.05) is 0 Å². The topological polar surface area (TPSA) is 30.0 Å². The number of halogens is 3. The second-order valence-electron chi connectivity index (χ2n) is 3.61. The van der Waals surface area contributed by atoms with E-state index in [1.165, 1.54) is 5.38 Å². The summed E-state index contributed by atoms with van der Waals surface area (Å²) in [6.07, 6.45) is -4.56. The molecule has 1 heterocycles. The van der Waals surface area contributed by atoms with Gasteiger partial charge in [-0.25, -0.2) is 4.98 Å². The highest BCUT2D eigenvalue weighted by atomic mass is 32.1. The van der Waals surface area contributed by atoms with E-state index < -0.39 is 11.2 Å². The third-order valence-electron chi connectivity index (χ3n) is 2.23. The number of nitrogens with zero attached hydrogens (tertiary/aromatic N) is 1. The Bertz CT molecular complexity index is 548. The third kappa shape index (κ3) is 2.95. The van der Waals surface area contributed by atoms with Gasteiger partial charge in [-0.3, -0.25) is 4.79 Å². The van der Waals surface area contributed by atoms with Crippen LogP contribution in [0.3, 0.4) is 0 Å². The molecule has 6 heteroatoms. The molecule has 1 aromatic heterocycles. The maximum absolute atomic E-state index is 12.3. The lowest BCUT2D eigenvalue weighted by molar-refractivity contribution is -0.137. The Morgan fingerprint density at radius 1 is 1.22 bits per heavy atom. The normalized spacial score (nSPS) is 11.5. The monoisotopic (exact) mass is 271 g/mol. The van der Waals surface area contributed by atoms with E-state index in [0.29, 0.717) is 16.9 Å². The average Bonchev–Trinajstić information content (AvgIpc) is 2.78. The molecule has 1 aromatic carbocycles. The second-order valence-corrected chi connectivity index (χ2v) is 4.47. The van der Waals surface area contributed by atoms with E-state index in [4.69, 9.17) is 0 Å². The van der Waals surface area contributed by atoms with E-state index >= 15 is 0 Å². The minimum Gasteiger partial charge on any atom is -0.294 e. The Morgan fingerprint density at radius 2 is 1.89 bits per heavy atom. The molecule has 0 bridgehead atoms. The lowest BCUT2D eigenvalue weighted by Gasteiger charge is -2.00. The zero-order chi connectivity index (χ0) is 13.2. The molecule has 2 nitrogen and oxygen atoms in total. The van der Waals surface area contributed by atoms with Crippen molar-refractivity contribution in [3.05, 3.63) is 52.0 Å². The zero-order valence-electron chi connectivity index (χ0n) is 9.07. The molecule has 0 aliphatic carbocycles. The smallest absolute Gasteiger partial charge is 0.294 e. The van der Waals surface area contributed by atoms with Crippen LogP contribution in [0, 0.1) is 0 Å². The van der Waals surface area contributed by atoms with Gasteiger partial charge >= 0.3 is 6.18 Å². The van der Waals surface area contributed by atoms with Crippen LogP contribution in [0.4, 0.5) is 13.2 Å². The molecule has 0 atom stereocenters. The predicted octanol–water partition coefficient (Wildman–Crippen LogP) is 3.59. The maximum atomic E-state index is 12.3. The number of thiazole rings is 1. The van der Waals surface area contributed by atoms with Crippen LogP contribution in [0.1, 0.15) is 21.1 Å². The van der Waals surface area contributed by atoms with Gasteiger partial charge in [0.15, 0.2) is 10.8 Å². The van der Waals surface area contributed by atoms with Crippen molar-refractivity contribution in [3.8, 4) is 0 Å². The van der Waals surface area contributed by atoms with Crippen molar-refractivity contribution in [2.24, 2.45) is 0 Å². The number of carbonyl (C=O) groups excluding carboxylic acids is 1. The number of alkyl halides is 3. The molecule has 0 amide bonds. The van der Waals surface area contributed by atoms with Crippen molar-refractivity contribution in [1.82, 2.24) is 4.98 Å². The van der Waals surface area contributed by atoms with Crippen LogP contribution in [-0.4, -0.2) is 10.8 Å². The predicted molar refractivity (Wildman–Crippen MR) is 61.6 cm³/mol. The number of hydrogen-bond acceptors (Lipinski definition) is 3. The first-order valence-electron chi connectivity index (χ1n) is 5.06. The van der Waals surface area contributed by atoms with E-state index in [-0.39, 0.29) is 17.9 Å². The molecule has 2 aromatic rings. The van der Waals surface area contributed by atoms with Gasteiger partial charge in [-0.2, -0.15) is 13.2 Å². The van der Waals surface area contributed by atoms with Crippen molar-refractivity contribution < 1.29 is 18.0 Å². The number of carbonyl (C=O) groups is 1. The highest BCUT2D eigenvalue weighted by Crippen LogP contribution is 2.31. The van der Waals surface area contributed by atoms with Crippen molar-refractivity contribution in [2.45, 2.75) is 12.6 Å². The van der Waals surface area contributed by atoms with Gasteiger partial charge in [-0.1, -0.05) is 30.3 Å². The molecule has 2 rings (SSSR count). The Hall–Kier alpha value is -1.69. The number of Topliss-reactive ketones (excluding diaryl/α,β-unsaturated/α-hetero) is 1. The molecule has 0 unspecified atom stereocenters. The summed E-state index contributed by atoms with van der Waals surface area (Å²) in [5.74, 6) is -0.241. The van der Waals surface area contributed by atoms with Crippen molar-refractivity contribution in [3.63, 3.8) is 0 Å². The fraction of sp³-hybridized carbons (Fsp3) is 0.167. The summed E-state index contributed by atoms with van der Waals surface area (Å²) in [7, 11) is 0. The van der Waals surface area contributed by atoms with E-state index in [1.54, 1.807) is 30.3 Å². The summed E-state index contributed by atoms with van der Waals surface area (Å²) in [6, 6.07) is 8.42. The highest BCUT2D eigenvalue weighted by Gasteiger charge is 2.34. The Morgan fingerprint density at radius 3 is 2.44 bits per heavy atom. The van der Waals surface area contributed by atoms with Crippen molar-refractivity contribution >= 4 is 17.1 Å². The number of rotatable bonds is 3. The fourth-order valence-corrected chi connectivity index (χ4v) is 2.10. The lowest BCUT2D eigenvalue weighted by atomic mass is 10.1. The Kier molecular flexibility index (Phi) is 3.47. The van der Waals surface area contributed by atoms with Crippen LogP contribution in [0.15, 0.2) is 35.7 Å². The Labute approximate surface area is 105 Å². The van der Waals surface area contributed by atoms with Gasteiger partial charge in [-0.05, 0) is 0 Å². The van der Waals surface area contributed by atoms with Gasteiger partial charge in [0.05, 0.1) is 12.1 Å². The quantitative estimate of drug-likeness (QED) is 0.798. The van der Waals surface area contributed by atoms with Crippen LogP contribution in [0.25, 0.3) is 0 Å². The largest absolute Gasteiger partial charge is 0.443 e. The molecule has 18 heavy (non-hydrogen) atoms.